The number of amides is 2. The highest BCUT2D eigenvalue weighted by Crippen LogP contribution is 2.21. The first-order valence-electron chi connectivity index (χ1n) is 8.32. The summed E-state index contributed by atoms with van der Waals surface area (Å²) in [6.07, 6.45) is 4.26. The number of urea groups is 1. The summed E-state index contributed by atoms with van der Waals surface area (Å²) in [5, 5.41) is 11.9. The minimum atomic E-state index is -0.197. The first-order valence-corrected chi connectivity index (χ1v) is 8.32. The Hall–Kier alpha value is -1.82. The zero-order valence-electron chi connectivity index (χ0n) is 14.3. The highest BCUT2D eigenvalue weighted by molar-refractivity contribution is 5.74. The Kier molecular flexibility index (Phi) is 6.21. The van der Waals surface area contributed by atoms with Gasteiger partial charge in [-0.25, -0.2) is 9.78 Å². The van der Waals surface area contributed by atoms with Gasteiger partial charge in [0, 0.05) is 32.9 Å². The van der Waals surface area contributed by atoms with E-state index >= 15 is 0 Å². The molecule has 2 heterocycles. The monoisotopic (exact) mass is 320 g/mol. The molecule has 1 aliphatic rings. The number of aliphatic hydroxyl groups is 1. The van der Waals surface area contributed by atoms with Crippen molar-refractivity contribution in [1.29, 1.82) is 0 Å². The minimum Gasteiger partial charge on any atom is -0.394 e. The average Bonchev–Trinajstić information content (AvgIpc) is 2.59. The van der Waals surface area contributed by atoms with Crippen LogP contribution in [-0.2, 0) is 6.54 Å². The number of piperidine rings is 1. The molecule has 0 aromatic carbocycles. The summed E-state index contributed by atoms with van der Waals surface area (Å²) in [5.74, 6) is 1.82. The molecular weight excluding hydrogens is 292 g/mol. The predicted octanol–water partition coefficient (Wildman–Crippen LogP) is 1.84. The van der Waals surface area contributed by atoms with Crippen molar-refractivity contribution >= 4 is 11.8 Å². The Morgan fingerprint density at radius 1 is 1.48 bits per heavy atom. The molecule has 0 saturated carbocycles. The molecule has 1 fully saturated rings. The van der Waals surface area contributed by atoms with Crippen molar-refractivity contribution < 1.29 is 9.90 Å². The van der Waals surface area contributed by atoms with Crippen molar-refractivity contribution in [1.82, 2.24) is 15.2 Å². The number of carbonyl (C=O) groups excluding carboxylic acids is 1. The molecule has 2 rings (SSSR count). The number of pyridine rings is 1. The molecule has 6 nitrogen and oxygen atoms in total. The number of hydrogen-bond acceptors (Lipinski definition) is 4. The second kappa shape index (κ2) is 8.15. The summed E-state index contributed by atoms with van der Waals surface area (Å²) in [5.41, 5.74) is 0.970. The van der Waals surface area contributed by atoms with Crippen LogP contribution < -0.4 is 10.2 Å². The predicted molar refractivity (Wildman–Crippen MR) is 91.4 cm³/mol. The number of hydrogen-bond donors (Lipinski definition) is 2. The summed E-state index contributed by atoms with van der Waals surface area (Å²) in [6, 6.07) is 3.64. The van der Waals surface area contributed by atoms with Gasteiger partial charge in [0.1, 0.15) is 5.82 Å². The van der Waals surface area contributed by atoms with Gasteiger partial charge in [0.05, 0.1) is 12.6 Å². The largest absolute Gasteiger partial charge is 0.394 e. The second-order valence-electron chi connectivity index (χ2n) is 6.50. The lowest BCUT2D eigenvalue weighted by Crippen LogP contribution is -2.43. The van der Waals surface area contributed by atoms with E-state index in [9.17, 15) is 4.79 Å². The van der Waals surface area contributed by atoms with Crippen LogP contribution in [0.2, 0.25) is 0 Å². The summed E-state index contributed by atoms with van der Waals surface area (Å²) in [4.78, 5) is 20.3. The number of carbonyl (C=O) groups is 1. The van der Waals surface area contributed by atoms with Gasteiger partial charge < -0.3 is 20.2 Å². The van der Waals surface area contributed by atoms with E-state index in [-0.39, 0.29) is 18.7 Å². The number of aromatic nitrogens is 1. The van der Waals surface area contributed by atoms with Crippen LogP contribution in [0.5, 0.6) is 0 Å². The minimum absolute atomic E-state index is 0.0470. The summed E-state index contributed by atoms with van der Waals surface area (Å²) < 4.78 is 0. The van der Waals surface area contributed by atoms with E-state index in [0.717, 1.165) is 30.4 Å². The Bertz CT molecular complexity index is 498. The molecule has 1 atom stereocenters. The van der Waals surface area contributed by atoms with Crippen molar-refractivity contribution in [2.75, 3.05) is 31.6 Å². The summed E-state index contributed by atoms with van der Waals surface area (Å²) in [7, 11) is 1.68. The number of likely N-dealkylation sites (N-methyl/N-ethyl adjacent to an activating group) is 1. The highest BCUT2D eigenvalue weighted by Gasteiger charge is 2.17. The molecule has 6 heteroatoms. The van der Waals surface area contributed by atoms with Crippen molar-refractivity contribution in [3.63, 3.8) is 0 Å². The van der Waals surface area contributed by atoms with Crippen LogP contribution in [0, 0.1) is 5.92 Å². The van der Waals surface area contributed by atoms with Crippen LogP contribution in [0.15, 0.2) is 18.3 Å². The van der Waals surface area contributed by atoms with Gasteiger partial charge in [-0.05, 0) is 37.3 Å². The smallest absolute Gasteiger partial charge is 0.317 e. The van der Waals surface area contributed by atoms with Crippen molar-refractivity contribution in [2.45, 2.75) is 39.3 Å². The van der Waals surface area contributed by atoms with Gasteiger partial charge in [-0.1, -0.05) is 13.0 Å². The fraction of sp³-hybridized carbons (Fsp3) is 0.647. The molecule has 2 N–H and O–H groups in total. The number of nitrogens with zero attached hydrogens (tertiary/aromatic N) is 3. The normalized spacial score (nSPS) is 17.0. The SMILES string of the molecule is CC1CCN(c2ccc(CNC(=O)N(C)C(C)CO)cn2)CC1. The van der Waals surface area contributed by atoms with Crippen LogP contribution in [0.1, 0.15) is 32.3 Å². The molecule has 0 spiro atoms. The Labute approximate surface area is 138 Å². The fourth-order valence-corrected chi connectivity index (χ4v) is 2.57. The third-order valence-corrected chi connectivity index (χ3v) is 4.61. The number of nitrogens with one attached hydrogen (secondary N) is 1. The molecule has 1 aliphatic heterocycles. The molecule has 1 aromatic heterocycles. The van der Waals surface area contributed by atoms with E-state index < -0.39 is 0 Å². The van der Waals surface area contributed by atoms with E-state index in [2.05, 4.69) is 22.1 Å². The lowest BCUT2D eigenvalue weighted by Gasteiger charge is -2.31. The maximum absolute atomic E-state index is 11.9. The van der Waals surface area contributed by atoms with E-state index in [0.29, 0.717) is 6.54 Å². The topological polar surface area (TPSA) is 68.7 Å². The Balaban J connectivity index is 1.84. The van der Waals surface area contributed by atoms with E-state index in [1.807, 2.05) is 18.3 Å². The Morgan fingerprint density at radius 3 is 2.74 bits per heavy atom. The van der Waals surface area contributed by atoms with Gasteiger partial charge in [0.15, 0.2) is 0 Å². The fourth-order valence-electron chi connectivity index (χ4n) is 2.57. The van der Waals surface area contributed by atoms with Crippen LogP contribution >= 0.6 is 0 Å². The van der Waals surface area contributed by atoms with Crippen molar-refractivity contribution in [3.05, 3.63) is 23.9 Å². The lowest BCUT2D eigenvalue weighted by molar-refractivity contribution is 0.157. The molecule has 0 aliphatic carbocycles. The van der Waals surface area contributed by atoms with Gasteiger partial charge >= 0.3 is 6.03 Å². The first-order chi connectivity index (χ1) is 11.0. The maximum Gasteiger partial charge on any atom is 0.317 e. The van der Waals surface area contributed by atoms with Crippen LogP contribution in [0.25, 0.3) is 0 Å². The van der Waals surface area contributed by atoms with Gasteiger partial charge in [0.25, 0.3) is 0 Å². The summed E-state index contributed by atoms with van der Waals surface area (Å²) in [6.45, 7) is 6.61. The quantitative estimate of drug-likeness (QED) is 0.868. The molecule has 128 valence electrons. The van der Waals surface area contributed by atoms with Gasteiger partial charge in [0.2, 0.25) is 0 Å². The lowest BCUT2D eigenvalue weighted by atomic mass is 9.99. The summed E-state index contributed by atoms with van der Waals surface area (Å²) >= 11 is 0. The molecule has 1 saturated heterocycles. The van der Waals surface area contributed by atoms with E-state index in [1.54, 1.807) is 14.0 Å². The van der Waals surface area contributed by atoms with Crippen molar-refractivity contribution in [2.24, 2.45) is 5.92 Å². The standard InChI is InChI=1S/C17H28N4O2/c1-13-6-8-21(9-7-13)16-5-4-15(10-18-16)11-19-17(23)20(3)14(2)12-22/h4-5,10,13-14,22H,6-9,11-12H2,1-3H3,(H,19,23). The molecule has 23 heavy (non-hydrogen) atoms. The molecular formula is C17H28N4O2. The van der Waals surface area contributed by atoms with Crippen LogP contribution in [0.4, 0.5) is 10.6 Å². The number of aliphatic hydroxyl groups excluding tert-OH is 1. The van der Waals surface area contributed by atoms with Crippen LogP contribution in [-0.4, -0.2) is 53.8 Å². The van der Waals surface area contributed by atoms with Gasteiger partial charge in [-0.3, -0.25) is 0 Å². The van der Waals surface area contributed by atoms with E-state index in [4.69, 9.17) is 5.11 Å². The first kappa shape index (κ1) is 17.5. The number of rotatable bonds is 5. The average molecular weight is 320 g/mol. The third kappa shape index (κ3) is 4.82. The molecule has 1 unspecified atom stereocenters. The maximum atomic E-state index is 11.9. The molecule has 2 amide bonds. The van der Waals surface area contributed by atoms with E-state index in [1.165, 1.54) is 17.7 Å². The van der Waals surface area contributed by atoms with Crippen LogP contribution in [0.3, 0.4) is 0 Å². The second-order valence-corrected chi connectivity index (χ2v) is 6.50. The molecule has 0 bridgehead atoms. The zero-order chi connectivity index (χ0) is 16.8. The molecule has 1 aromatic rings. The zero-order valence-corrected chi connectivity index (χ0v) is 14.3. The Morgan fingerprint density at radius 2 is 2.17 bits per heavy atom. The van der Waals surface area contributed by atoms with Gasteiger partial charge in [-0.15, -0.1) is 0 Å². The van der Waals surface area contributed by atoms with Crippen molar-refractivity contribution in [3.8, 4) is 0 Å². The van der Waals surface area contributed by atoms with Gasteiger partial charge in [-0.2, -0.15) is 0 Å². The third-order valence-electron chi connectivity index (χ3n) is 4.61. The molecule has 0 radical (unpaired) electrons. The number of anilines is 1. The highest BCUT2D eigenvalue weighted by atomic mass is 16.3.